The molecule has 0 aliphatic heterocycles. The van der Waals surface area contributed by atoms with Crippen molar-refractivity contribution < 1.29 is 23.8 Å². The van der Waals surface area contributed by atoms with Gasteiger partial charge in [-0.1, -0.05) is 0 Å². The lowest BCUT2D eigenvalue weighted by Gasteiger charge is -2.20. The normalized spacial score (nSPS) is 21.1. The highest BCUT2D eigenvalue weighted by Gasteiger charge is 2.30. The first-order valence-corrected chi connectivity index (χ1v) is 3.91. The highest BCUT2D eigenvalue weighted by molar-refractivity contribution is 5.93. The molecule has 15 heavy (non-hydrogen) atoms. The number of carboxylic acid groups (broad SMARTS) is 1. The van der Waals surface area contributed by atoms with Crippen molar-refractivity contribution in [3.05, 3.63) is 28.7 Å². The molecule has 0 saturated heterocycles. The lowest BCUT2D eigenvalue weighted by Crippen LogP contribution is -2.28. The second-order valence-corrected chi connectivity index (χ2v) is 2.81. The number of hydrogen-bond donors (Lipinski definition) is 2. The molecule has 0 saturated carbocycles. The van der Waals surface area contributed by atoms with Crippen LogP contribution < -0.4 is 5.73 Å². The van der Waals surface area contributed by atoms with Crippen molar-refractivity contribution in [2.24, 2.45) is 5.73 Å². The summed E-state index contributed by atoms with van der Waals surface area (Å²) in [5.41, 5.74) is 4.06. The summed E-state index contributed by atoms with van der Waals surface area (Å²) >= 11 is 0. The van der Waals surface area contributed by atoms with Crippen LogP contribution in [0, 0.1) is 0 Å². The summed E-state index contributed by atoms with van der Waals surface area (Å²) in [5, 5.41) is 8.62. The molecule has 1 aliphatic rings. The maximum absolute atomic E-state index is 13.3. The number of aliphatic carboxylic acids is 1. The summed E-state index contributed by atoms with van der Waals surface area (Å²) in [5.74, 6) is -1.13. The Bertz CT molecular complexity index is 418. The highest BCUT2D eigenvalue weighted by atomic mass is 19.1. The molecule has 0 aromatic carbocycles. The first-order chi connectivity index (χ1) is 7.02. The van der Waals surface area contributed by atoms with Crippen LogP contribution in [0.4, 0.5) is 4.39 Å². The van der Waals surface area contributed by atoms with Crippen LogP contribution in [0.25, 0.3) is 0 Å². The van der Waals surface area contributed by atoms with Crippen LogP contribution in [-0.2, 0) is 14.3 Å². The van der Waals surface area contributed by atoms with Gasteiger partial charge < -0.3 is 15.6 Å². The molecule has 0 bridgehead atoms. The minimum atomic E-state index is -1.50. The second kappa shape index (κ2) is 4.08. The van der Waals surface area contributed by atoms with Gasteiger partial charge in [0.05, 0.1) is 16.8 Å². The Kier molecular flexibility index (Phi) is 3.04. The molecule has 6 heteroatoms. The Balaban J connectivity index is 3.33. The SMILES string of the molecule is COC1C(=C=O)C=C(C(=O)O)C(F)=C1N. The van der Waals surface area contributed by atoms with Crippen LogP contribution in [0.15, 0.2) is 28.7 Å². The van der Waals surface area contributed by atoms with Gasteiger partial charge in [0.1, 0.15) is 12.0 Å². The zero-order valence-electron chi connectivity index (χ0n) is 7.78. The molecule has 1 unspecified atom stereocenters. The number of methoxy groups -OCH3 is 1. The number of halogens is 1. The van der Waals surface area contributed by atoms with Crippen LogP contribution in [0.2, 0.25) is 0 Å². The van der Waals surface area contributed by atoms with Gasteiger partial charge in [-0.3, -0.25) is 0 Å². The van der Waals surface area contributed by atoms with Gasteiger partial charge in [-0.05, 0) is 6.08 Å². The number of hydrogen-bond acceptors (Lipinski definition) is 4. The lowest BCUT2D eigenvalue weighted by atomic mass is 9.96. The largest absolute Gasteiger partial charge is 0.478 e. The van der Waals surface area contributed by atoms with Gasteiger partial charge in [0, 0.05) is 7.11 Å². The van der Waals surface area contributed by atoms with E-state index in [0.717, 1.165) is 6.08 Å². The summed E-state index contributed by atoms with van der Waals surface area (Å²) in [6.07, 6.45) is -0.222. The Hall–Kier alpha value is -1.91. The molecular formula is C9H8FNO4. The van der Waals surface area contributed by atoms with E-state index in [0.29, 0.717) is 0 Å². The van der Waals surface area contributed by atoms with Crippen molar-refractivity contribution in [2.45, 2.75) is 6.10 Å². The van der Waals surface area contributed by atoms with Gasteiger partial charge in [0.15, 0.2) is 5.83 Å². The predicted molar refractivity (Wildman–Crippen MR) is 48.0 cm³/mol. The zero-order chi connectivity index (χ0) is 11.6. The van der Waals surface area contributed by atoms with Gasteiger partial charge in [-0.25, -0.2) is 14.0 Å². The third-order valence-corrected chi connectivity index (χ3v) is 1.94. The number of rotatable bonds is 2. The van der Waals surface area contributed by atoms with Gasteiger partial charge in [0.2, 0.25) is 0 Å². The van der Waals surface area contributed by atoms with Crippen LogP contribution in [-0.4, -0.2) is 30.2 Å². The molecule has 1 rings (SSSR count). The maximum atomic E-state index is 13.3. The van der Waals surface area contributed by atoms with E-state index in [1.165, 1.54) is 13.1 Å². The van der Waals surface area contributed by atoms with Crippen molar-refractivity contribution in [3.8, 4) is 0 Å². The first kappa shape index (κ1) is 11.2. The standard InChI is InChI=1S/C9H8FNO4/c1-15-8-4(3-12)2-5(9(13)14)6(10)7(8)11/h2,8H,11H2,1H3,(H,13,14). The number of carbonyl (C=O) groups excluding carboxylic acids is 1. The summed E-state index contributed by atoms with van der Waals surface area (Å²) in [7, 11) is 1.22. The van der Waals surface area contributed by atoms with Gasteiger partial charge in [0.25, 0.3) is 0 Å². The monoisotopic (exact) mass is 213 g/mol. The summed E-state index contributed by atoms with van der Waals surface area (Å²) in [4.78, 5) is 21.1. The Morgan fingerprint density at radius 3 is 2.73 bits per heavy atom. The van der Waals surface area contributed by atoms with E-state index in [2.05, 4.69) is 0 Å². The molecule has 3 N–H and O–H groups in total. The van der Waals surface area contributed by atoms with Crippen LogP contribution in [0.1, 0.15) is 0 Å². The topological polar surface area (TPSA) is 89.6 Å². The molecular weight excluding hydrogens is 205 g/mol. The fourth-order valence-corrected chi connectivity index (χ4v) is 1.23. The summed E-state index contributed by atoms with van der Waals surface area (Å²) in [6.45, 7) is 0. The van der Waals surface area contributed by atoms with Gasteiger partial charge in [-0.15, -0.1) is 0 Å². The van der Waals surface area contributed by atoms with E-state index in [4.69, 9.17) is 15.6 Å². The van der Waals surface area contributed by atoms with Gasteiger partial charge in [-0.2, -0.15) is 0 Å². The summed E-state index contributed by atoms with van der Waals surface area (Å²) in [6, 6.07) is 0. The first-order valence-electron chi connectivity index (χ1n) is 3.91. The average Bonchev–Trinajstić information content (AvgIpc) is 2.21. The van der Waals surface area contributed by atoms with E-state index < -0.39 is 29.2 Å². The molecule has 1 aliphatic carbocycles. The molecule has 0 fully saturated rings. The van der Waals surface area contributed by atoms with Crippen molar-refractivity contribution in [1.82, 2.24) is 0 Å². The Labute approximate surface area is 84.3 Å². The molecule has 0 amide bonds. The van der Waals surface area contributed by atoms with E-state index in [9.17, 15) is 14.0 Å². The number of ether oxygens (including phenoxy) is 1. The third-order valence-electron chi connectivity index (χ3n) is 1.94. The molecule has 0 aromatic heterocycles. The summed E-state index contributed by atoms with van der Waals surface area (Å²) < 4.78 is 18.1. The fraction of sp³-hybridized carbons (Fsp3) is 0.222. The van der Waals surface area contributed by atoms with E-state index in [-0.39, 0.29) is 5.57 Å². The van der Waals surface area contributed by atoms with Crippen molar-refractivity contribution in [3.63, 3.8) is 0 Å². The fourth-order valence-electron chi connectivity index (χ4n) is 1.23. The Morgan fingerprint density at radius 2 is 2.33 bits per heavy atom. The van der Waals surface area contributed by atoms with E-state index in [1.807, 2.05) is 0 Å². The Morgan fingerprint density at radius 1 is 1.73 bits per heavy atom. The smallest absolute Gasteiger partial charge is 0.338 e. The van der Waals surface area contributed by atoms with Crippen LogP contribution in [0.5, 0.6) is 0 Å². The van der Waals surface area contributed by atoms with Crippen molar-refractivity contribution in [2.75, 3.05) is 7.11 Å². The minimum Gasteiger partial charge on any atom is -0.478 e. The highest BCUT2D eigenvalue weighted by Crippen LogP contribution is 2.27. The average molecular weight is 213 g/mol. The van der Waals surface area contributed by atoms with Gasteiger partial charge >= 0.3 is 5.97 Å². The van der Waals surface area contributed by atoms with Crippen LogP contribution in [0.3, 0.4) is 0 Å². The molecule has 1 atom stereocenters. The number of nitrogens with two attached hydrogens (primary N) is 1. The van der Waals surface area contributed by atoms with Crippen LogP contribution >= 0.6 is 0 Å². The second-order valence-electron chi connectivity index (χ2n) is 2.81. The lowest BCUT2D eigenvalue weighted by molar-refractivity contribution is -0.132. The zero-order valence-corrected chi connectivity index (χ0v) is 7.78. The predicted octanol–water partition coefficient (Wildman–Crippen LogP) is -0.0762. The molecule has 0 aromatic rings. The quantitative estimate of drug-likeness (QED) is 0.626. The number of carbonyl (C=O) groups is 1. The molecule has 0 heterocycles. The van der Waals surface area contributed by atoms with E-state index >= 15 is 0 Å². The molecule has 5 nitrogen and oxygen atoms in total. The number of carboxylic acids is 1. The molecule has 80 valence electrons. The molecule has 0 radical (unpaired) electrons. The minimum absolute atomic E-state index is 0.145. The molecule has 0 spiro atoms. The van der Waals surface area contributed by atoms with Crippen molar-refractivity contribution in [1.29, 1.82) is 0 Å². The maximum Gasteiger partial charge on any atom is 0.338 e. The van der Waals surface area contributed by atoms with Crippen molar-refractivity contribution >= 4 is 11.9 Å². The third kappa shape index (κ3) is 1.81. The van der Waals surface area contributed by atoms with E-state index in [1.54, 1.807) is 0 Å².